The molecule has 0 saturated carbocycles. The van der Waals surface area contributed by atoms with Crippen LogP contribution in [0.3, 0.4) is 0 Å². The van der Waals surface area contributed by atoms with Crippen molar-refractivity contribution in [3.63, 3.8) is 0 Å². The summed E-state index contributed by atoms with van der Waals surface area (Å²) >= 11 is 5.78. The Labute approximate surface area is 131 Å². The number of hydrogen-bond donors (Lipinski definition) is 1. The van der Waals surface area contributed by atoms with Crippen LogP contribution >= 0.6 is 11.6 Å². The molecule has 7 heteroatoms. The number of methoxy groups -OCH3 is 1. The minimum atomic E-state index is -0.298. The molecule has 0 atom stereocenters. The molecule has 0 aliphatic rings. The maximum absolute atomic E-state index is 12.5. The van der Waals surface area contributed by atoms with Gasteiger partial charge in [-0.3, -0.25) is 9.20 Å². The second-order valence-corrected chi connectivity index (χ2v) is 5.07. The maximum Gasteiger partial charge on any atom is 0.275 e. The zero-order valence-electron chi connectivity index (χ0n) is 12.0. The lowest BCUT2D eigenvalue weighted by Gasteiger charge is -2.06. The molecule has 0 saturated heterocycles. The van der Waals surface area contributed by atoms with Gasteiger partial charge in [-0.05, 0) is 31.2 Å². The van der Waals surface area contributed by atoms with E-state index >= 15 is 0 Å². The van der Waals surface area contributed by atoms with Crippen molar-refractivity contribution < 1.29 is 9.53 Å². The largest absolute Gasteiger partial charge is 0.493 e. The number of fused-ring (bicyclic) bond motifs is 1. The molecule has 3 aromatic heterocycles. The van der Waals surface area contributed by atoms with E-state index in [9.17, 15) is 4.79 Å². The number of ether oxygens (including phenoxy) is 1. The molecule has 0 aliphatic heterocycles. The molecule has 0 spiro atoms. The van der Waals surface area contributed by atoms with Gasteiger partial charge in [-0.15, -0.1) is 0 Å². The number of anilines is 1. The summed E-state index contributed by atoms with van der Waals surface area (Å²) in [6, 6.07) is 6.89. The summed E-state index contributed by atoms with van der Waals surface area (Å²) in [5, 5.41) is 3.24. The first kappa shape index (κ1) is 14.3. The van der Waals surface area contributed by atoms with Crippen LogP contribution in [0.4, 0.5) is 5.82 Å². The van der Waals surface area contributed by atoms with Gasteiger partial charge < -0.3 is 10.1 Å². The lowest BCUT2D eigenvalue weighted by Crippen LogP contribution is -2.16. The van der Waals surface area contributed by atoms with Gasteiger partial charge in [-0.1, -0.05) is 11.6 Å². The van der Waals surface area contributed by atoms with E-state index in [4.69, 9.17) is 16.3 Å². The van der Waals surface area contributed by atoms with Crippen molar-refractivity contribution in [1.82, 2.24) is 14.4 Å². The molecular weight excluding hydrogens is 304 g/mol. The van der Waals surface area contributed by atoms with Gasteiger partial charge >= 0.3 is 0 Å². The van der Waals surface area contributed by atoms with Crippen molar-refractivity contribution in [2.24, 2.45) is 0 Å². The van der Waals surface area contributed by atoms with Crippen molar-refractivity contribution >= 4 is 29.0 Å². The van der Waals surface area contributed by atoms with Crippen LogP contribution in [-0.2, 0) is 0 Å². The van der Waals surface area contributed by atoms with Gasteiger partial charge in [0.2, 0.25) is 0 Å². The van der Waals surface area contributed by atoms with Gasteiger partial charge in [0.1, 0.15) is 11.5 Å². The zero-order valence-corrected chi connectivity index (χ0v) is 12.8. The van der Waals surface area contributed by atoms with E-state index in [1.54, 1.807) is 48.9 Å². The summed E-state index contributed by atoms with van der Waals surface area (Å²) in [5.41, 5.74) is 1.64. The third-order valence-electron chi connectivity index (χ3n) is 3.19. The second kappa shape index (κ2) is 5.65. The summed E-state index contributed by atoms with van der Waals surface area (Å²) in [7, 11) is 1.57. The number of carbonyl (C=O) groups excluding carboxylic acids is 1. The van der Waals surface area contributed by atoms with Gasteiger partial charge in [0.25, 0.3) is 5.91 Å². The fourth-order valence-corrected chi connectivity index (χ4v) is 2.33. The molecule has 0 bridgehead atoms. The number of pyridine rings is 2. The van der Waals surface area contributed by atoms with Crippen molar-refractivity contribution in [1.29, 1.82) is 0 Å². The van der Waals surface area contributed by atoms with E-state index in [0.717, 1.165) is 0 Å². The molecule has 6 nitrogen and oxygen atoms in total. The number of nitrogens with one attached hydrogen (secondary N) is 1. The minimum absolute atomic E-state index is 0.298. The zero-order chi connectivity index (χ0) is 15.7. The van der Waals surface area contributed by atoms with Crippen molar-refractivity contribution in [3.05, 3.63) is 53.1 Å². The van der Waals surface area contributed by atoms with Crippen LogP contribution in [0, 0.1) is 6.92 Å². The van der Waals surface area contributed by atoms with Crippen LogP contribution in [0.15, 0.2) is 36.7 Å². The van der Waals surface area contributed by atoms with Crippen LogP contribution in [0.2, 0.25) is 5.02 Å². The monoisotopic (exact) mass is 316 g/mol. The molecule has 0 aliphatic carbocycles. The Bertz CT molecular complexity index is 843. The summed E-state index contributed by atoms with van der Waals surface area (Å²) in [6.45, 7) is 1.77. The molecule has 22 heavy (non-hydrogen) atoms. The Morgan fingerprint density at radius 2 is 2.18 bits per heavy atom. The Morgan fingerprint density at radius 1 is 1.36 bits per heavy atom. The predicted octanol–water partition coefficient (Wildman–Crippen LogP) is 2.95. The Balaban J connectivity index is 2.00. The highest BCUT2D eigenvalue weighted by atomic mass is 35.5. The van der Waals surface area contributed by atoms with Gasteiger partial charge in [0.05, 0.1) is 17.8 Å². The van der Waals surface area contributed by atoms with Crippen LogP contribution in [0.25, 0.3) is 5.65 Å². The lowest BCUT2D eigenvalue weighted by molar-refractivity contribution is 0.102. The Kier molecular flexibility index (Phi) is 3.68. The van der Waals surface area contributed by atoms with E-state index in [2.05, 4.69) is 15.3 Å². The first-order chi connectivity index (χ1) is 10.6. The van der Waals surface area contributed by atoms with Crippen LogP contribution in [0.5, 0.6) is 5.75 Å². The maximum atomic E-state index is 12.5. The first-order valence-electron chi connectivity index (χ1n) is 6.54. The standard InChI is InChI=1S/C15H13ClN4O2/c1-9-13(15(21)19-12-6-5-10(16)8-17-12)20-7-3-4-11(22-2)14(20)18-9/h3-8H,1-2H3,(H,17,19,21). The fourth-order valence-electron chi connectivity index (χ4n) is 2.21. The summed E-state index contributed by atoms with van der Waals surface area (Å²) in [5.74, 6) is 0.731. The quantitative estimate of drug-likeness (QED) is 0.806. The number of carbonyl (C=O) groups is 1. The van der Waals surface area contributed by atoms with E-state index in [1.807, 2.05) is 0 Å². The number of aryl methyl sites for hydroxylation is 1. The topological polar surface area (TPSA) is 68.5 Å². The van der Waals surface area contributed by atoms with Crippen molar-refractivity contribution in [2.75, 3.05) is 12.4 Å². The number of hydrogen-bond acceptors (Lipinski definition) is 4. The van der Waals surface area contributed by atoms with Crippen LogP contribution in [-0.4, -0.2) is 27.4 Å². The molecule has 3 heterocycles. The van der Waals surface area contributed by atoms with Gasteiger partial charge in [-0.25, -0.2) is 9.97 Å². The predicted molar refractivity (Wildman–Crippen MR) is 83.7 cm³/mol. The molecule has 0 aromatic carbocycles. The molecule has 1 N–H and O–H groups in total. The van der Waals surface area contributed by atoms with Gasteiger partial charge in [0, 0.05) is 12.4 Å². The van der Waals surface area contributed by atoms with E-state index in [-0.39, 0.29) is 5.91 Å². The number of nitrogens with zero attached hydrogens (tertiary/aromatic N) is 3. The van der Waals surface area contributed by atoms with Crippen LogP contribution in [0.1, 0.15) is 16.2 Å². The Morgan fingerprint density at radius 3 is 2.86 bits per heavy atom. The highest BCUT2D eigenvalue weighted by Crippen LogP contribution is 2.22. The summed E-state index contributed by atoms with van der Waals surface area (Å²) < 4.78 is 6.96. The SMILES string of the molecule is COc1cccn2c(C(=O)Nc3ccc(Cl)cn3)c(C)nc12. The van der Waals surface area contributed by atoms with E-state index in [1.165, 1.54) is 6.20 Å². The Hall–Kier alpha value is -2.60. The average Bonchev–Trinajstić information content (AvgIpc) is 2.85. The number of rotatable bonds is 3. The molecule has 0 unspecified atom stereocenters. The van der Waals surface area contributed by atoms with Crippen molar-refractivity contribution in [3.8, 4) is 5.75 Å². The number of imidazole rings is 1. The minimum Gasteiger partial charge on any atom is -0.493 e. The molecule has 3 aromatic rings. The summed E-state index contributed by atoms with van der Waals surface area (Å²) in [6.07, 6.45) is 3.24. The van der Waals surface area contributed by atoms with Gasteiger partial charge in [-0.2, -0.15) is 0 Å². The molecule has 1 amide bonds. The van der Waals surface area contributed by atoms with Crippen molar-refractivity contribution in [2.45, 2.75) is 6.92 Å². The average molecular weight is 317 g/mol. The number of aromatic nitrogens is 3. The molecule has 0 radical (unpaired) electrons. The third-order valence-corrected chi connectivity index (χ3v) is 3.42. The van der Waals surface area contributed by atoms with Gasteiger partial charge in [0.15, 0.2) is 11.4 Å². The molecule has 0 fully saturated rings. The number of halogens is 1. The first-order valence-corrected chi connectivity index (χ1v) is 6.92. The molecule has 112 valence electrons. The molecule has 3 rings (SSSR count). The second-order valence-electron chi connectivity index (χ2n) is 4.63. The molecular formula is C15H13ClN4O2. The summed E-state index contributed by atoms with van der Waals surface area (Å²) in [4.78, 5) is 21.0. The smallest absolute Gasteiger partial charge is 0.275 e. The highest BCUT2D eigenvalue weighted by molar-refractivity contribution is 6.30. The van der Waals surface area contributed by atoms with Crippen LogP contribution < -0.4 is 10.1 Å². The normalized spacial score (nSPS) is 10.7. The lowest BCUT2D eigenvalue weighted by atomic mass is 10.3. The number of amides is 1. The highest BCUT2D eigenvalue weighted by Gasteiger charge is 2.18. The van der Waals surface area contributed by atoms with E-state index < -0.39 is 0 Å². The van der Waals surface area contributed by atoms with E-state index in [0.29, 0.717) is 33.6 Å². The fraction of sp³-hybridized carbons (Fsp3) is 0.133. The third kappa shape index (κ3) is 2.48.